The number of aromatic nitrogens is 4. The first-order valence-corrected chi connectivity index (χ1v) is 5.84. The number of hydrogen-bond acceptors (Lipinski definition) is 5. The van der Waals surface area contributed by atoms with Gasteiger partial charge in [0.2, 0.25) is 0 Å². The topological polar surface area (TPSA) is 75.7 Å². The van der Waals surface area contributed by atoms with Crippen molar-refractivity contribution in [2.24, 2.45) is 0 Å². The molecule has 2 aromatic rings. The summed E-state index contributed by atoms with van der Waals surface area (Å²) in [6, 6.07) is 8.23. The van der Waals surface area contributed by atoms with Crippen LogP contribution in [0.2, 0.25) is 0 Å². The van der Waals surface area contributed by atoms with E-state index in [1.807, 2.05) is 31.2 Å². The van der Waals surface area contributed by atoms with Crippen LogP contribution in [-0.4, -0.2) is 27.7 Å². The zero-order chi connectivity index (χ0) is 13.0. The van der Waals surface area contributed by atoms with Crippen LogP contribution in [0.5, 0.6) is 5.75 Å². The highest BCUT2D eigenvalue weighted by molar-refractivity contribution is 5.28. The van der Waals surface area contributed by atoms with Gasteiger partial charge in [0.05, 0.1) is 13.2 Å². The molecule has 1 aromatic heterocycles. The van der Waals surface area contributed by atoms with Gasteiger partial charge >= 0.3 is 0 Å². The van der Waals surface area contributed by atoms with Gasteiger partial charge in [0, 0.05) is 6.04 Å². The molecule has 2 unspecified atom stereocenters. The molecular weight excluding hydrogens is 230 g/mol. The van der Waals surface area contributed by atoms with E-state index in [0.717, 1.165) is 5.75 Å². The van der Waals surface area contributed by atoms with Crippen molar-refractivity contribution in [3.05, 3.63) is 35.7 Å². The van der Waals surface area contributed by atoms with Crippen LogP contribution in [0.3, 0.4) is 0 Å². The number of rotatable bonds is 5. The average Bonchev–Trinajstić information content (AvgIpc) is 2.92. The molecule has 0 radical (unpaired) electrons. The first kappa shape index (κ1) is 12.5. The van der Waals surface area contributed by atoms with E-state index in [0.29, 0.717) is 5.82 Å². The first-order chi connectivity index (χ1) is 8.70. The van der Waals surface area contributed by atoms with Crippen molar-refractivity contribution in [2.45, 2.75) is 25.9 Å². The van der Waals surface area contributed by atoms with Crippen LogP contribution in [-0.2, 0) is 0 Å². The van der Waals surface area contributed by atoms with Gasteiger partial charge in [-0.05, 0) is 31.5 Å². The fourth-order valence-electron chi connectivity index (χ4n) is 1.79. The Morgan fingerprint density at radius 3 is 2.44 bits per heavy atom. The van der Waals surface area contributed by atoms with Crippen LogP contribution in [0.4, 0.5) is 0 Å². The summed E-state index contributed by atoms with van der Waals surface area (Å²) in [6.07, 6.45) is 0. The third-order valence-electron chi connectivity index (χ3n) is 2.86. The molecule has 0 aliphatic heterocycles. The number of H-pyrrole nitrogens is 1. The zero-order valence-corrected chi connectivity index (χ0v) is 10.7. The molecule has 1 heterocycles. The quantitative estimate of drug-likeness (QED) is 0.839. The summed E-state index contributed by atoms with van der Waals surface area (Å²) < 4.78 is 5.14. The van der Waals surface area contributed by atoms with Crippen molar-refractivity contribution < 1.29 is 4.74 Å². The van der Waals surface area contributed by atoms with E-state index in [-0.39, 0.29) is 12.1 Å². The van der Waals surface area contributed by atoms with E-state index in [1.165, 1.54) is 5.56 Å². The Kier molecular flexibility index (Phi) is 3.88. The minimum atomic E-state index is 0.0425. The lowest BCUT2D eigenvalue weighted by atomic mass is 10.1. The molecule has 0 aliphatic carbocycles. The van der Waals surface area contributed by atoms with Crippen LogP contribution in [0.1, 0.15) is 37.3 Å². The molecule has 0 saturated heterocycles. The molecule has 96 valence electrons. The molecule has 1 aromatic carbocycles. The van der Waals surface area contributed by atoms with Crippen LogP contribution in [0.25, 0.3) is 0 Å². The van der Waals surface area contributed by atoms with E-state index in [4.69, 9.17) is 4.74 Å². The Hall–Kier alpha value is -1.95. The second-order valence-corrected chi connectivity index (χ2v) is 4.15. The smallest absolute Gasteiger partial charge is 0.191 e. The summed E-state index contributed by atoms with van der Waals surface area (Å²) in [5.74, 6) is 1.52. The molecule has 18 heavy (non-hydrogen) atoms. The molecule has 0 aliphatic rings. The van der Waals surface area contributed by atoms with E-state index in [2.05, 4.69) is 32.9 Å². The Morgan fingerprint density at radius 2 is 1.89 bits per heavy atom. The van der Waals surface area contributed by atoms with Crippen molar-refractivity contribution in [1.82, 2.24) is 25.9 Å². The van der Waals surface area contributed by atoms with Crippen molar-refractivity contribution in [3.63, 3.8) is 0 Å². The fourth-order valence-corrected chi connectivity index (χ4v) is 1.79. The molecule has 2 N–H and O–H groups in total. The fraction of sp³-hybridized carbons (Fsp3) is 0.417. The number of aromatic amines is 1. The second-order valence-electron chi connectivity index (χ2n) is 4.15. The van der Waals surface area contributed by atoms with Crippen LogP contribution in [0, 0.1) is 0 Å². The highest BCUT2D eigenvalue weighted by Crippen LogP contribution is 2.19. The van der Waals surface area contributed by atoms with Gasteiger partial charge in [-0.3, -0.25) is 0 Å². The Morgan fingerprint density at radius 1 is 1.17 bits per heavy atom. The van der Waals surface area contributed by atoms with Gasteiger partial charge in [-0.15, -0.1) is 10.2 Å². The number of hydrogen-bond donors (Lipinski definition) is 2. The van der Waals surface area contributed by atoms with Crippen LogP contribution < -0.4 is 10.1 Å². The number of benzene rings is 1. The third kappa shape index (κ3) is 2.84. The Balaban J connectivity index is 2.00. The van der Waals surface area contributed by atoms with Gasteiger partial charge in [-0.1, -0.05) is 17.3 Å². The molecule has 2 rings (SSSR count). The maximum absolute atomic E-state index is 5.14. The van der Waals surface area contributed by atoms with E-state index < -0.39 is 0 Å². The molecule has 0 saturated carbocycles. The summed E-state index contributed by atoms with van der Waals surface area (Å²) >= 11 is 0. The monoisotopic (exact) mass is 247 g/mol. The number of nitrogens with one attached hydrogen (secondary N) is 2. The zero-order valence-electron chi connectivity index (χ0n) is 10.7. The van der Waals surface area contributed by atoms with E-state index in [9.17, 15) is 0 Å². The maximum atomic E-state index is 5.14. The van der Waals surface area contributed by atoms with E-state index >= 15 is 0 Å². The van der Waals surface area contributed by atoms with Gasteiger partial charge in [0.15, 0.2) is 5.82 Å². The minimum Gasteiger partial charge on any atom is -0.497 e. The number of nitrogens with zero attached hydrogens (tertiary/aromatic N) is 3. The Bertz CT molecular complexity index is 468. The molecule has 6 nitrogen and oxygen atoms in total. The standard InChI is InChI=1S/C12H17N5O/c1-8(10-4-6-11(18-3)7-5-10)13-9(2)12-14-16-17-15-12/h4-9,13H,1-3H3,(H,14,15,16,17). The molecule has 0 spiro atoms. The van der Waals surface area contributed by atoms with Gasteiger partial charge in [0.25, 0.3) is 0 Å². The average molecular weight is 247 g/mol. The molecule has 0 bridgehead atoms. The van der Waals surface area contributed by atoms with Crippen molar-refractivity contribution in [2.75, 3.05) is 7.11 Å². The predicted octanol–water partition coefficient (Wildman–Crippen LogP) is 1.62. The molecule has 0 fully saturated rings. The number of tetrazole rings is 1. The summed E-state index contributed by atoms with van der Waals surface area (Å²) in [5, 5.41) is 17.3. The summed E-state index contributed by atoms with van der Waals surface area (Å²) in [6.45, 7) is 4.10. The van der Waals surface area contributed by atoms with Crippen LogP contribution in [0.15, 0.2) is 24.3 Å². The van der Waals surface area contributed by atoms with Crippen LogP contribution >= 0.6 is 0 Å². The van der Waals surface area contributed by atoms with Crippen molar-refractivity contribution in [1.29, 1.82) is 0 Å². The largest absolute Gasteiger partial charge is 0.497 e. The van der Waals surface area contributed by atoms with Gasteiger partial charge < -0.3 is 10.1 Å². The SMILES string of the molecule is COc1ccc(C(C)NC(C)c2nn[nH]n2)cc1. The van der Waals surface area contributed by atoms with E-state index in [1.54, 1.807) is 7.11 Å². The molecule has 6 heteroatoms. The van der Waals surface area contributed by atoms with Crippen molar-refractivity contribution >= 4 is 0 Å². The van der Waals surface area contributed by atoms with Gasteiger partial charge in [-0.25, -0.2) is 0 Å². The van der Waals surface area contributed by atoms with Crippen molar-refractivity contribution in [3.8, 4) is 5.75 Å². The highest BCUT2D eigenvalue weighted by Gasteiger charge is 2.14. The number of methoxy groups -OCH3 is 1. The lowest BCUT2D eigenvalue weighted by Gasteiger charge is -2.18. The summed E-state index contributed by atoms with van der Waals surface area (Å²) in [4.78, 5) is 0. The second kappa shape index (κ2) is 5.59. The first-order valence-electron chi connectivity index (χ1n) is 5.84. The molecule has 0 amide bonds. The third-order valence-corrected chi connectivity index (χ3v) is 2.86. The normalized spacial score (nSPS) is 14.2. The summed E-state index contributed by atoms with van der Waals surface area (Å²) in [5.41, 5.74) is 1.19. The number of ether oxygens (including phenoxy) is 1. The summed E-state index contributed by atoms with van der Waals surface area (Å²) in [7, 11) is 1.66. The molecular formula is C12H17N5O. The van der Waals surface area contributed by atoms with Gasteiger partial charge in [-0.2, -0.15) is 5.21 Å². The minimum absolute atomic E-state index is 0.0425. The molecule has 2 atom stereocenters. The maximum Gasteiger partial charge on any atom is 0.191 e. The highest BCUT2D eigenvalue weighted by atomic mass is 16.5. The Labute approximate surface area is 106 Å². The van der Waals surface area contributed by atoms with Gasteiger partial charge in [0.1, 0.15) is 5.75 Å². The lowest BCUT2D eigenvalue weighted by Crippen LogP contribution is -2.23. The predicted molar refractivity (Wildman–Crippen MR) is 67.1 cm³/mol. The lowest BCUT2D eigenvalue weighted by molar-refractivity contribution is 0.414.